The lowest BCUT2D eigenvalue weighted by molar-refractivity contribution is 0.637. The highest BCUT2D eigenvalue weighted by Gasteiger charge is 2.12. The van der Waals surface area contributed by atoms with E-state index in [1.165, 1.54) is 35.7 Å². The van der Waals surface area contributed by atoms with Crippen molar-refractivity contribution in [2.24, 2.45) is 0 Å². The molecule has 3 nitrogen and oxygen atoms in total. The fourth-order valence-corrected chi connectivity index (χ4v) is 3.21. The van der Waals surface area contributed by atoms with Crippen molar-refractivity contribution in [2.45, 2.75) is 25.3 Å². The Bertz CT molecular complexity index is 754. The summed E-state index contributed by atoms with van der Waals surface area (Å²) in [6, 6.07) is 15.2. The molecule has 3 heteroatoms. The zero-order chi connectivity index (χ0) is 14.1. The molecule has 0 amide bonds. The summed E-state index contributed by atoms with van der Waals surface area (Å²) in [6.45, 7) is 2.25. The molecule has 4 rings (SSSR count). The van der Waals surface area contributed by atoms with Gasteiger partial charge in [0.2, 0.25) is 0 Å². The normalized spacial score (nSPS) is 19.7. The van der Waals surface area contributed by atoms with Crippen molar-refractivity contribution in [1.82, 2.24) is 5.32 Å². The average Bonchev–Trinajstić information content (AvgIpc) is 2.68. The molecule has 1 aromatic heterocycles. The minimum Gasteiger partial charge on any atom is -0.456 e. The van der Waals surface area contributed by atoms with Crippen molar-refractivity contribution in [3.05, 3.63) is 42.5 Å². The first-order chi connectivity index (χ1) is 10.4. The molecule has 0 radical (unpaired) electrons. The van der Waals surface area contributed by atoms with Crippen molar-refractivity contribution >= 4 is 27.6 Å². The van der Waals surface area contributed by atoms with Gasteiger partial charge in [-0.2, -0.15) is 0 Å². The third-order valence-electron chi connectivity index (χ3n) is 4.32. The van der Waals surface area contributed by atoms with Crippen LogP contribution in [0.25, 0.3) is 21.9 Å². The third kappa shape index (κ3) is 2.49. The number of para-hydroxylation sites is 1. The summed E-state index contributed by atoms with van der Waals surface area (Å²) in [5.41, 5.74) is 3.12. The second-order valence-electron chi connectivity index (χ2n) is 5.83. The van der Waals surface area contributed by atoms with Crippen LogP contribution in [-0.2, 0) is 0 Å². The molecule has 1 unspecified atom stereocenters. The van der Waals surface area contributed by atoms with Gasteiger partial charge in [0.25, 0.3) is 0 Å². The summed E-state index contributed by atoms with van der Waals surface area (Å²) in [4.78, 5) is 0. The van der Waals surface area contributed by atoms with E-state index in [0.29, 0.717) is 6.04 Å². The maximum absolute atomic E-state index is 5.88. The van der Waals surface area contributed by atoms with Crippen LogP contribution < -0.4 is 10.6 Å². The molecule has 108 valence electrons. The first-order valence-corrected chi connectivity index (χ1v) is 7.79. The van der Waals surface area contributed by atoms with Crippen molar-refractivity contribution in [2.75, 3.05) is 18.4 Å². The van der Waals surface area contributed by atoms with Crippen LogP contribution in [0.5, 0.6) is 0 Å². The molecule has 21 heavy (non-hydrogen) atoms. The number of hydrogen-bond donors (Lipinski definition) is 2. The minimum atomic E-state index is 0.565. The van der Waals surface area contributed by atoms with Gasteiger partial charge >= 0.3 is 0 Å². The molecular formula is C18H20N2O. The monoisotopic (exact) mass is 280 g/mol. The van der Waals surface area contributed by atoms with Gasteiger partial charge in [-0.1, -0.05) is 18.2 Å². The Morgan fingerprint density at radius 2 is 1.86 bits per heavy atom. The largest absolute Gasteiger partial charge is 0.456 e. The fraction of sp³-hybridized carbons (Fsp3) is 0.333. The van der Waals surface area contributed by atoms with Crippen LogP contribution in [0.15, 0.2) is 46.9 Å². The molecule has 2 heterocycles. The van der Waals surface area contributed by atoms with E-state index < -0.39 is 0 Å². The van der Waals surface area contributed by atoms with Gasteiger partial charge < -0.3 is 15.1 Å². The number of hydrogen-bond acceptors (Lipinski definition) is 3. The summed E-state index contributed by atoms with van der Waals surface area (Å²) in [5.74, 6) is 0. The van der Waals surface area contributed by atoms with Crippen LogP contribution in [0.1, 0.15) is 19.3 Å². The third-order valence-corrected chi connectivity index (χ3v) is 4.32. The van der Waals surface area contributed by atoms with E-state index in [2.05, 4.69) is 41.0 Å². The summed E-state index contributed by atoms with van der Waals surface area (Å²) in [7, 11) is 0. The van der Waals surface area contributed by atoms with Gasteiger partial charge in [0.05, 0.1) is 0 Å². The molecule has 1 atom stereocenters. The second kappa shape index (κ2) is 5.41. The van der Waals surface area contributed by atoms with Crippen LogP contribution in [0, 0.1) is 0 Å². The van der Waals surface area contributed by atoms with Crippen molar-refractivity contribution in [3.8, 4) is 0 Å². The van der Waals surface area contributed by atoms with Crippen LogP contribution in [0.3, 0.4) is 0 Å². The van der Waals surface area contributed by atoms with E-state index in [4.69, 9.17) is 4.42 Å². The van der Waals surface area contributed by atoms with E-state index in [1.807, 2.05) is 12.1 Å². The standard InChI is InChI=1S/C18H20N2O/c1-2-6-17-15(5-1)16-12-14(7-8-18(16)21-17)20-13-4-3-10-19-11-9-13/h1-2,5-8,12-13,19-20H,3-4,9-11H2. The topological polar surface area (TPSA) is 37.2 Å². The van der Waals surface area contributed by atoms with E-state index >= 15 is 0 Å². The lowest BCUT2D eigenvalue weighted by Gasteiger charge is -2.17. The average molecular weight is 280 g/mol. The Morgan fingerprint density at radius 3 is 2.86 bits per heavy atom. The van der Waals surface area contributed by atoms with Gasteiger partial charge in [-0.15, -0.1) is 0 Å². The SMILES string of the molecule is c1ccc2c(c1)oc1ccc(NC3CCCNCC3)cc12. The smallest absolute Gasteiger partial charge is 0.135 e. The first kappa shape index (κ1) is 12.7. The highest BCUT2D eigenvalue weighted by atomic mass is 16.3. The van der Waals surface area contributed by atoms with Crippen LogP contribution in [0.4, 0.5) is 5.69 Å². The number of nitrogens with one attached hydrogen (secondary N) is 2. The molecule has 3 aromatic rings. The van der Waals surface area contributed by atoms with Crippen LogP contribution >= 0.6 is 0 Å². The Morgan fingerprint density at radius 1 is 0.952 bits per heavy atom. The molecule has 1 aliphatic heterocycles. The highest BCUT2D eigenvalue weighted by Crippen LogP contribution is 2.30. The number of rotatable bonds is 2. The zero-order valence-electron chi connectivity index (χ0n) is 12.1. The summed E-state index contributed by atoms with van der Waals surface area (Å²) in [6.07, 6.45) is 3.66. The second-order valence-corrected chi connectivity index (χ2v) is 5.83. The lowest BCUT2D eigenvalue weighted by atomic mass is 10.1. The molecule has 0 saturated carbocycles. The van der Waals surface area contributed by atoms with Crippen LogP contribution in [0.2, 0.25) is 0 Å². The molecule has 0 aliphatic carbocycles. The quantitative estimate of drug-likeness (QED) is 0.741. The molecule has 1 saturated heterocycles. The van der Waals surface area contributed by atoms with Gasteiger partial charge in [0, 0.05) is 22.5 Å². The molecule has 0 bridgehead atoms. The van der Waals surface area contributed by atoms with E-state index in [9.17, 15) is 0 Å². The van der Waals surface area contributed by atoms with Gasteiger partial charge in [0.1, 0.15) is 11.2 Å². The van der Waals surface area contributed by atoms with Crippen molar-refractivity contribution in [1.29, 1.82) is 0 Å². The maximum atomic E-state index is 5.88. The van der Waals surface area contributed by atoms with Crippen LogP contribution in [-0.4, -0.2) is 19.1 Å². The lowest BCUT2D eigenvalue weighted by Crippen LogP contribution is -2.21. The summed E-state index contributed by atoms with van der Waals surface area (Å²) < 4.78 is 5.88. The maximum Gasteiger partial charge on any atom is 0.135 e. The molecular weight excluding hydrogens is 260 g/mol. The molecule has 1 fully saturated rings. The Hall–Kier alpha value is -2.00. The number of benzene rings is 2. The highest BCUT2D eigenvalue weighted by molar-refractivity contribution is 6.05. The fourth-order valence-electron chi connectivity index (χ4n) is 3.21. The molecule has 2 aromatic carbocycles. The Balaban J connectivity index is 1.67. The van der Waals surface area contributed by atoms with Gasteiger partial charge in [0.15, 0.2) is 0 Å². The minimum absolute atomic E-state index is 0.565. The predicted molar refractivity (Wildman–Crippen MR) is 87.9 cm³/mol. The molecule has 2 N–H and O–H groups in total. The van der Waals surface area contributed by atoms with E-state index in [-0.39, 0.29) is 0 Å². The summed E-state index contributed by atoms with van der Waals surface area (Å²) >= 11 is 0. The number of anilines is 1. The Kier molecular flexibility index (Phi) is 3.28. The predicted octanol–water partition coefficient (Wildman–Crippen LogP) is 4.14. The van der Waals surface area contributed by atoms with E-state index in [0.717, 1.165) is 24.3 Å². The van der Waals surface area contributed by atoms with Gasteiger partial charge in [-0.3, -0.25) is 0 Å². The van der Waals surface area contributed by atoms with Crippen molar-refractivity contribution < 1.29 is 4.42 Å². The molecule has 0 spiro atoms. The van der Waals surface area contributed by atoms with Crippen molar-refractivity contribution in [3.63, 3.8) is 0 Å². The first-order valence-electron chi connectivity index (χ1n) is 7.79. The number of fused-ring (bicyclic) bond motifs is 3. The molecule has 1 aliphatic rings. The van der Waals surface area contributed by atoms with Gasteiger partial charge in [-0.25, -0.2) is 0 Å². The summed E-state index contributed by atoms with van der Waals surface area (Å²) in [5, 5.41) is 9.53. The zero-order valence-corrected chi connectivity index (χ0v) is 12.1. The van der Waals surface area contributed by atoms with E-state index in [1.54, 1.807) is 0 Å². The Labute approximate surface area is 124 Å². The van der Waals surface area contributed by atoms with Gasteiger partial charge in [-0.05, 0) is 56.6 Å². The number of furan rings is 1.